The highest BCUT2D eigenvalue weighted by Gasteiger charge is 2.15. The van der Waals surface area contributed by atoms with Gasteiger partial charge in [-0.05, 0) is 31.2 Å². The van der Waals surface area contributed by atoms with Crippen LogP contribution in [-0.4, -0.2) is 43.7 Å². The fourth-order valence-electron chi connectivity index (χ4n) is 3.37. The maximum Gasteiger partial charge on any atom is 0.319 e. The van der Waals surface area contributed by atoms with Crippen LogP contribution in [0.4, 0.5) is 10.5 Å². The van der Waals surface area contributed by atoms with Crippen molar-refractivity contribution in [2.24, 2.45) is 0 Å². The molecule has 9 nitrogen and oxygen atoms in total. The Kier molecular flexibility index (Phi) is 6.58. The highest BCUT2D eigenvalue weighted by Crippen LogP contribution is 2.39. The zero-order valence-electron chi connectivity index (χ0n) is 16.9. The number of ether oxygens (including phenoxy) is 3. The molecule has 0 bridgehead atoms. The largest absolute Gasteiger partial charge is 0.493 e. The van der Waals surface area contributed by atoms with Gasteiger partial charge in [-0.1, -0.05) is 0 Å². The molecule has 0 atom stereocenters. The number of benzene rings is 1. The molecule has 2 amide bonds. The maximum absolute atomic E-state index is 12.2. The van der Waals surface area contributed by atoms with Crippen LogP contribution in [0, 0.1) is 0 Å². The summed E-state index contributed by atoms with van der Waals surface area (Å²) in [5, 5.41) is 9.89. The van der Waals surface area contributed by atoms with Crippen molar-refractivity contribution in [1.82, 2.24) is 15.1 Å². The number of aromatic nitrogens is 2. The lowest BCUT2D eigenvalue weighted by Gasteiger charge is -2.16. The molecule has 0 fully saturated rings. The smallest absolute Gasteiger partial charge is 0.319 e. The Balaban J connectivity index is 1.60. The van der Waals surface area contributed by atoms with Crippen LogP contribution in [0.15, 0.2) is 23.0 Å². The highest BCUT2D eigenvalue weighted by molar-refractivity contribution is 5.90. The predicted octanol–water partition coefficient (Wildman–Crippen LogP) is 1.97. The number of hydrogen-bond acceptors (Lipinski definition) is 6. The molecule has 0 radical (unpaired) electrons. The molecule has 1 aliphatic carbocycles. The average molecular weight is 402 g/mol. The van der Waals surface area contributed by atoms with Crippen molar-refractivity contribution >= 4 is 11.7 Å². The predicted molar refractivity (Wildman–Crippen MR) is 108 cm³/mol. The van der Waals surface area contributed by atoms with Gasteiger partial charge in [0.25, 0.3) is 5.56 Å². The van der Waals surface area contributed by atoms with E-state index in [1.807, 2.05) is 0 Å². The molecule has 0 spiro atoms. The Bertz CT molecular complexity index is 916. The molecule has 1 heterocycles. The number of anilines is 1. The third-order valence-corrected chi connectivity index (χ3v) is 4.81. The van der Waals surface area contributed by atoms with Gasteiger partial charge in [0.2, 0.25) is 5.75 Å². The summed E-state index contributed by atoms with van der Waals surface area (Å²) >= 11 is 0. The SMILES string of the molecule is COc1cc(NC(=O)NCCn2nc3c(cc2=O)CCCC3)cc(OC)c1OC. The summed E-state index contributed by atoms with van der Waals surface area (Å²) in [6.07, 6.45) is 3.99. The van der Waals surface area contributed by atoms with Crippen LogP contribution < -0.4 is 30.4 Å². The van der Waals surface area contributed by atoms with E-state index in [0.717, 1.165) is 36.9 Å². The van der Waals surface area contributed by atoms with E-state index in [-0.39, 0.29) is 12.1 Å². The maximum atomic E-state index is 12.2. The van der Waals surface area contributed by atoms with Gasteiger partial charge in [-0.25, -0.2) is 9.48 Å². The molecule has 0 unspecified atom stereocenters. The molecule has 2 aromatic rings. The minimum atomic E-state index is -0.412. The Morgan fingerprint density at radius 3 is 2.41 bits per heavy atom. The minimum Gasteiger partial charge on any atom is -0.493 e. The van der Waals surface area contributed by atoms with Gasteiger partial charge in [0.1, 0.15) is 0 Å². The summed E-state index contributed by atoms with van der Waals surface area (Å²) in [5.41, 5.74) is 2.38. The van der Waals surface area contributed by atoms with Crippen molar-refractivity contribution in [2.75, 3.05) is 33.2 Å². The lowest BCUT2D eigenvalue weighted by atomic mass is 9.97. The summed E-state index contributed by atoms with van der Waals surface area (Å²) in [4.78, 5) is 24.4. The summed E-state index contributed by atoms with van der Waals surface area (Å²) in [6, 6.07) is 4.52. The van der Waals surface area contributed by atoms with Gasteiger partial charge in [0.05, 0.1) is 39.3 Å². The Morgan fingerprint density at radius 2 is 1.76 bits per heavy atom. The van der Waals surface area contributed by atoms with E-state index in [0.29, 0.717) is 29.5 Å². The summed E-state index contributed by atoms with van der Waals surface area (Å²) in [7, 11) is 4.52. The van der Waals surface area contributed by atoms with E-state index in [1.165, 1.54) is 26.0 Å². The van der Waals surface area contributed by atoms with E-state index < -0.39 is 6.03 Å². The van der Waals surface area contributed by atoms with Gasteiger partial charge in [-0.2, -0.15) is 5.10 Å². The molecule has 0 saturated carbocycles. The van der Waals surface area contributed by atoms with Crippen molar-refractivity contribution in [3.8, 4) is 17.2 Å². The number of fused-ring (bicyclic) bond motifs is 1. The second kappa shape index (κ2) is 9.31. The fraction of sp³-hybridized carbons (Fsp3) is 0.450. The van der Waals surface area contributed by atoms with Crippen molar-refractivity contribution in [3.05, 3.63) is 39.8 Å². The molecule has 9 heteroatoms. The van der Waals surface area contributed by atoms with Crippen molar-refractivity contribution in [2.45, 2.75) is 32.2 Å². The van der Waals surface area contributed by atoms with E-state index in [1.54, 1.807) is 18.2 Å². The number of nitrogens with one attached hydrogen (secondary N) is 2. The quantitative estimate of drug-likeness (QED) is 0.734. The molecular formula is C20H26N4O5. The monoisotopic (exact) mass is 402 g/mol. The van der Waals surface area contributed by atoms with Gasteiger partial charge in [-0.3, -0.25) is 4.79 Å². The van der Waals surface area contributed by atoms with Gasteiger partial charge >= 0.3 is 6.03 Å². The second-order valence-electron chi connectivity index (χ2n) is 6.68. The first-order valence-corrected chi connectivity index (χ1v) is 9.50. The van der Waals surface area contributed by atoms with Crippen LogP contribution >= 0.6 is 0 Å². The standard InChI is InChI=1S/C20H26N4O5/c1-27-16-11-14(12-17(28-2)19(16)29-3)22-20(26)21-8-9-24-18(25)10-13-6-4-5-7-15(13)23-24/h10-12H,4-9H2,1-3H3,(H2,21,22,26). The van der Waals surface area contributed by atoms with Crippen LogP contribution in [0.5, 0.6) is 17.2 Å². The number of methoxy groups -OCH3 is 3. The topological polar surface area (TPSA) is 104 Å². The lowest BCUT2D eigenvalue weighted by Crippen LogP contribution is -2.35. The number of urea groups is 1. The highest BCUT2D eigenvalue weighted by atomic mass is 16.5. The zero-order chi connectivity index (χ0) is 20.8. The molecule has 0 aliphatic heterocycles. The Labute approximate surface area is 169 Å². The van der Waals surface area contributed by atoms with Crippen LogP contribution in [-0.2, 0) is 19.4 Å². The first kappa shape index (κ1) is 20.5. The molecule has 1 aliphatic rings. The lowest BCUT2D eigenvalue weighted by molar-refractivity contribution is 0.251. The first-order chi connectivity index (χ1) is 14.0. The van der Waals surface area contributed by atoms with E-state index in [4.69, 9.17) is 14.2 Å². The number of aryl methyl sites for hydroxylation is 2. The zero-order valence-corrected chi connectivity index (χ0v) is 16.9. The fourth-order valence-corrected chi connectivity index (χ4v) is 3.37. The van der Waals surface area contributed by atoms with Crippen molar-refractivity contribution in [3.63, 3.8) is 0 Å². The third kappa shape index (κ3) is 4.79. The summed E-state index contributed by atoms with van der Waals surface area (Å²) in [5.74, 6) is 1.32. The molecule has 0 saturated heterocycles. The number of hydrogen-bond donors (Lipinski definition) is 2. The van der Waals surface area contributed by atoms with Crippen LogP contribution in [0.1, 0.15) is 24.1 Å². The van der Waals surface area contributed by atoms with Crippen LogP contribution in [0.3, 0.4) is 0 Å². The van der Waals surface area contributed by atoms with Crippen LogP contribution in [0.2, 0.25) is 0 Å². The third-order valence-electron chi connectivity index (χ3n) is 4.81. The van der Waals surface area contributed by atoms with Gasteiger partial charge in [0.15, 0.2) is 11.5 Å². The summed E-state index contributed by atoms with van der Waals surface area (Å²) < 4.78 is 17.2. The van der Waals surface area contributed by atoms with E-state index in [2.05, 4.69) is 15.7 Å². The molecule has 29 heavy (non-hydrogen) atoms. The van der Waals surface area contributed by atoms with E-state index in [9.17, 15) is 9.59 Å². The van der Waals surface area contributed by atoms with Gasteiger partial charge in [0, 0.05) is 24.7 Å². The van der Waals surface area contributed by atoms with Gasteiger partial charge < -0.3 is 24.8 Å². The number of rotatable bonds is 7. The number of carbonyl (C=O) groups excluding carboxylic acids is 1. The minimum absolute atomic E-state index is 0.141. The van der Waals surface area contributed by atoms with Crippen molar-refractivity contribution in [1.29, 1.82) is 0 Å². The first-order valence-electron chi connectivity index (χ1n) is 9.50. The number of amides is 2. The van der Waals surface area contributed by atoms with Crippen molar-refractivity contribution < 1.29 is 19.0 Å². The van der Waals surface area contributed by atoms with Crippen LogP contribution in [0.25, 0.3) is 0 Å². The average Bonchev–Trinajstić information content (AvgIpc) is 2.73. The normalized spacial score (nSPS) is 12.7. The Hall–Kier alpha value is -3.23. The second-order valence-corrected chi connectivity index (χ2v) is 6.68. The molecular weight excluding hydrogens is 376 g/mol. The summed E-state index contributed by atoms with van der Waals surface area (Å²) in [6.45, 7) is 0.566. The van der Waals surface area contributed by atoms with Gasteiger partial charge in [-0.15, -0.1) is 0 Å². The molecule has 3 rings (SSSR count). The molecule has 2 N–H and O–H groups in total. The number of carbonyl (C=O) groups is 1. The molecule has 156 valence electrons. The molecule has 1 aromatic heterocycles. The number of nitrogens with zero attached hydrogens (tertiary/aromatic N) is 2. The Morgan fingerprint density at radius 1 is 1.07 bits per heavy atom. The van der Waals surface area contributed by atoms with E-state index >= 15 is 0 Å². The molecule has 1 aromatic carbocycles.